The lowest BCUT2D eigenvalue weighted by Gasteiger charge is -2.27. The van der Waals surface area contributed by atoms with Gasteiger partial charge in [0.15, 0.2) is 0 Å². The molecule has 2 rings (SSSR count). The number of likely N-dealkylation sites (N-methyl/N-ethyl adjacent to an activating group) is 1. The van der Waals surface area contributed by atoms with Crippen molar-refractivity contribution in [2.45, 2.75) is 31.9 Å². The number of hydrogen-bond donors (Lipinski definition) is 1. The Morgan fingerprint density at radius 2 is 2.32 bits per heavy atom. The lowest BCUT2D eigenvalue weighted by molar-refractivity contribution is 0.116. The minimum Gasteiger partial charge on any atom is -0.496 e. The van der Waals surface area contributed by atoms with E-state index in [2.05, 4.69) is 18.0 Å². The maximum absolute atomic E-state index is 6.10. The molecule has 106 valence electrons. The van der Waals surface area contributed by atoms with Crippen molar-refractivity contribution in [2.75, 3.05) is 32.2 Å². The number of rotatable bonds is 5. The van der Waals surface area contributed by atoms with Crippen molar-refractivity contribution in [3.63, 3.8) is 0 Å². The lowest BCUT2D eigenvalue weighted by Crippen LogP contribution is -2.30. The smallest absolute Gasteiger partial charge is 0.125 e. The summed E-state index contributed by atoms with van der Waals surface area (Å²) in [6, 6.07) is 6.00. The summed E-state index contributed by atoms with van der Waals surface area (Å²) >= 11 is 0. The van der Waals surface area contributed by atoms with E-state index in [0.29, 0.717) is 6.10 Å². The fourth-order valence-electron chi connectivity index (χ4n) is 2.69. The second kappa shape index (κ2) is 6.26. The highest BCUT2D eigenvalue weighted by Gasteiger charge is 2.21. The summed E-state index contributed by atoms with van der Waals surface area (Å²) in [5, 5.41) is 0. The van der Waals surface area contributed by atoms with E-state index in [1.807, 2.05) is 19.1 Å². The molecule has 0 spiro atoms. The molecule has 0 amide bonds. The maximum Gasteiger partial charge on any atom is 0.125 e. The zero-order valence-corrected chi connectivity index (χ0v) is 12.1. The highest BCUT2D eigenvalue weighted by Crippen LogP contribution is 2.33. The molecule has 1 saturated heterocycles. The molecule has 1 heterocycles. The molecule has 2 N–H and O–H groups in total. The Morgan fingerprint density at radius 3 is 2.89 bits per heavy atom. The van der Waals surface area contributed by atoms with Crippen LogP contribution in [-0.2, 0) is 4.74 Å². The first-order valence-corrected chi connectivity index (χ1v) is 6.88. The van der Waals surface area contributed by atoms with Crippen molar-refractivity contribution >= 4 is 5.69 Å². The van der Waals surface area contributed by atoms with Crippen LogP contribution in [0.1, 0.15) is 31.4 Å². The number of nitrogens with two attached hydrogens (primary N) is 1. The first-order valence-electron chi connectivity index (χ1n) is 6.88. The largest absolute Gasteiger partial charge is 0.496 e. The average Bonchev–Trinajstić information content (AvgIpc) is 2.90. The summed E-state index contributed by atoms with van der Waals surface area (Å²) < 4.78 is 11.1. The van der Waals surface area contributed by atoms with Gasteiger partial charge in [-0.15, -0.1) is 0 Å². The van der Waals surface area contributed by atoms with E-state index in [-0.39, 0.29) is 6.04 Å². The minimum absolute atomic E-state index is 0.0573. The van der Waals surface area contributed by atoms with Crippen molar-refractivity contribution in [3.8, 4) is 5.75 Å². The van der Waals surface area contributed by atoms with Gasteiger partial charge in [0.2, 0.25) is 0 Å². The molecule has 4 nitrogen and oxygen atoms in total. The highest BCUT2D eigenvalue weighted by atomic mass is 16.5. The summed E-state index contributed by atoms with van der Waals surface area (Å²) in [4.78, 5) is 2.22. The Morgan fingerprint density at radius 1 is 1.53 bits per heavy atom. The molecule has 1 fully saturated rings. The van der Waals surface area contributed by atoms with Crippen LogP contribution in [0.5, 0.6) is 5.75 Å². The van der Waals surface area contributed by atoms with E-state index in [0.717, 1.165) is 43.0 Å². The molecular weight excluding hydrogens is 240 g/mol. The van der Waals surface area contributed by atoms with Crippen LogP contribution in [0.2, 0.25) is 0 Å². The third kappa shape index (κ3) is 3.19. The predicted molar refractivity (Wildman–Crippen MR) is 77.8 cm³/mol. The first-order chi connectivity index (χ1) is 9.13. The molecular formula is C15H24N2O2. The molecule has 0 aromatic heterocycles. The molecule has 0 aliphatic carbocycles. The summed E-state index contributed by atoms with van der Waals surface area (Å²) in [7, 11) is 3.77. The van der Waals surface area contributed by atoms with Gasteiger partial charge in [-0.25, -0.2) is 0 Å². The summed E-state index contributed by atoms with van der Waals surface area (Å²) in [6.07, 6.45) is 2.63. The number of anilines is 1. The van der Waals surface area contributed by atoms with E-state index in [1.165, 1.54) is 0 Å². The molecule has 1 unspecified atom stereocenters. The van der Waals surface area contributed by atoms with Gasteiger partial charge >= 0.3 is 0 Å². The van der Waals surface area contributed by atoms with Crippen molar-refractivity contribution < 1.29 is 9.47 Å². The minimum atomic E-state index is -0.0573. The summed E-state index contributed by atoms with van der Waals surface area (Å²) in [5.74, 6) is 0.853. The Hall–Kier alpha value is -1.26. The standard InChI is InChI=1S/C15H24N2O2/c1-11(16)15-13(7-4-8-14(15)18-3)17(2)10-12-6-5-9-19-12/h4,7-8,11-12H,5-6,9-10,16H2,1-3H3/t11-,12?/m1/s1. The zero-order chi connectivity index (χ0) is 13.8. The van der Waals surface area contributed by atoms with Gasteiger partial charge in [-0.2, -0.15) is 0 Å². The van der Waals surface area contributed by atoms with E-state index in [9.17, 15) is 0 Å². The summed E-state index contributed by atoms with van der Waals surface area (Å²) in [6.45, 7) is 3.77. The van der Waals surface area contributed by atoms with Crippen LogP contribution in [-0.4, -0.2) is 33.4 Å². The Kier molecular flexibility index (Phi) is 4.66. The van der Waals surface area contributed by atoms with Crippen LogP contribution in [0.15, 0.2) is 18.2 Å². The second-order valence-corrected chi connectivity index (χ2v) is 5.20. The predicted octanol–water partition coefficient (Wildman–Crippen LogP) is 2.33. The highest BCUT2D eigenvalue weighted by molar-refractivity contribution is 5.60. The van der Waals surface area contributed by atoms with Gasteiger partial charge < -0.3 is 20.1 Å². The van der Waals surface area contributed by atoms with Crippen LogP contribution in [0, 0.1) is 0 Å². The van der Waals surface area contributed by atoms with Gasteiger partial charge in [-0.05, 0) is 31.9 Å². The van der Waals surface area contributed by atoms with E-state index in [4.69, 9.17) is 15.2 Å². The third-order valence-corrected chi connectivity index (χ3v) is 3.63. The molecule has 19 heavy (non-hydrogen) atoms. The number of ether oxygens (including phenoxy) is 2. The molecule has 1 aromatic carbocycles. The van der Waals surface area contributed by atoms with Crippen molar-refractivity contribution in [1.29, 1.82) is 0 Å². The lowest BCUT2D eigenvalue weighted by atomic mass is 10.0. The van der Waals surface area contributed by atoms with Crippen LogP contribution in [0.25, 0.3) is 0 Å². The van der Waals surface area contributed by atoms with Crippen LogP contribution in [0.3, 0.4) is 0 Å². The van der Waals surface area contributed by atoms with Crippen LogP contribution < -0.4 is 15.4 Å². The zero-order valence-electron chi connectivity index (χ0n) is 12.1. The maximum atomic E-state index is 6.10. The Labute approximate surface area is 115 Å². The van der Waals surface area contributed by atoms with Gasteiger partial charge in [0, 0.05) is 37.5 Å². The normalized spacial score (nSPS) is 20.3. The first kappa shape index (κ1) is 14.2. The van der Waals surface area contributed by atoms with Crippen LogP contribution in [0.4, 0.5) is 5.69 Å². The molecule has 0 saturated carbocycles. The van der Waals surface area contributed by atoms with E-state index >= 15 is 0 Å². The van der Waals surface area contributed by atoms with Gasteiger partial charge in [0.05, 0.1) is 13.2 Å². The molecule has 1 aromatic rings. The van der Waals surface area contributed by atoms with Crippen molar-refractivity contribution in [3.05, 3.63) is 23.8 Å². The van der Waals surface area contributed by atoms with Gasteiger partial charge in [0.1, 0.15) is 5.75 Å². The Bertz CT molecular complexity index is 415. The second-order valence-electron chi connectivity index (χ2n) is 5.20. The number of nitrogens with zero attached hydrogens (tertiary/aromatic N) is 1. The molecule has 1 aliphatic rings. The van der Waals surface area contributed by atoms with Gasteiger partial charge in [-0.1, -0.05) is 6.07 Å². The van der Waals surface area contributed by atoms with Crippen LogP contribution >= 0.6 is 0 Å². The Balaban J connectivity index is 2.22. The van der Waals surface area contributed by atoms with E-state index < -0.39 is 0 Å². The SMILES string of the molecule is COc1cccc(N(C)CC2CCCO2)c1[C@@H](C)N. The summed E-state index contributed by atoms with van der Waals surface area (Å²) in [5.41, 5.74) is 8.29. The van der Waals surface area contributed by atoms with Crippen molar-refractivity contribution in [1.82, 2.24) is 0 Å². The third-order valence-electron chi connectivity index (χ3n) is 3.63. The average molecular weight is 264 g/mol. The number of hydrogen-bond acceptors (Lipinski definition) is 4. The quantitative estimate of drug-likeness (QED) is 0.886. The molecule has 2 atom stereocenters. The molecule has 1 aliphatic heterocycles. The van der Waals surface area contributed by atoms with Gasteiger partial charge in [-0.3, -0.25) is 0 Å². The van der Waals surface area contributed by atoms with Crippen molar-refractivity contribution in [2.24, 2.45) is 5.73 Å². The molecule has 4 heteroatoms. The van der Waals surface area contributed by atoms with E-state index in [1.54, 1.807) is 7.11 Å². The number of benzene rings is 1. The van der Waals surface area contributed by atoms with Gasteiger partial charge in [0.25, 0.3) is 0 Å². The monoisotopic (exact) mass is 264 g/mol. The number of methoxy groups -OCH3 is 1. The topological polar surface area (TPSA) is 47.7 Å². The molecule has 0 radical (unpaired) electrons. The fourth-order valence-corrected chi connectivity index (χ4v) is 2.69. The molecule has 0 bridgehead atoms. The fraction of sp³-hybridized carbons (Fsp3) is 0.600.